The zero-order chi connectivity index (χ0) is 14.7. The largest absolute Gasteiger partial charge is 0.460 e. The Morgan fingerprint density at radius 3 is 2.75 bits per heavy atom. The lowest BCUT2D eigenvalue weighted by atomic mass is 10.2. The van der Waals surface area contributed by atoms with Crippen LogP contribution in [0, 0.1) is 18.6 Å². The molecule has 0 aliphatic carbocycles. The molecular formula is C14H13F2NO2S. The fourth-order valence-corrected chi connectivity index (χ4v) is 2.53. The number of nitrogens with zero attached hydrogens (tertiary/aromatic N) is 1. The SMILES string of the molecule is CCC(=O)OCc1sc(-c2ccc(F)c(F)c2)nc1C. The first kappa shape index (κ1) is 14.6. The maximum absolute atomic E-state index is 13.2. The summed E-state index contributed by atoms with van der Waals surface area (Å²) in [7, 11) is 0. The summed E-state index contributed by atoms with van der Waals surface area (Å²) in [5, 5.41) is 0.573. The third-order valence-electron chi connectivity index (χ3n) is 2.71. The van der Waals surface area contributed by atoms with Gasteiger partial charge < -0.3 is 4.74 Å². The van der Waals surface area contributed by atoms with Gasteiger partial charge in [-0.05, 0) is 25.1 Å². The van der Waals surface area contributed by atoms with Gasteiger partial charge >= 0.3 is 5.97 Å². The van der Waals surface area contributed by atoms with E-state index in [-0.39, 0.29) is 12.6 Å². The van der Waals surface area contributed by atoms with Crippen LogP contribution in [0.25, 0.3) is 10.6 Å². The summed E-state index contributed by atoms with van der Waals surface area (Å²) in [4.78, 5) is 16.2. The molecule has 106 valence electrons. The number of rotatable bonds is 4. The Morgan fingerprint density at radius 1 is 1.35 bits per heavy atom. The minimum atomic E-state index is -0.908. The van der Waals surface area contributed by atoms with Gasteiger partial charge in [0.2, 0.25) is 0 Å². The standard InChI is InChI=1S/C14H13F2NO2S/c1-3-13(18)19-7-12-8(2)17-14(20-12)9-4-5-10(15)11(16)6-9/h4-6H,3,7H2,1-2H3. The molecule has 0 fully saturated rings. The van der Waals surface area contributed by atoms with Gasteiger partial charge in [0, 0.05) is 12.0 Å². The highest BCUT2D eigenvalue weighted by molar-refractivity contribution is 7.15. The number of ether oxygens (including phenoxy) is 1. The van der Waals surface area contributed by atoms with Gasteiger partial charge in [-0.1, -0.05) is 6.92 Å². The van der Waals surface area contributed by atoms with Crippen LogP contribution < -0.4 is 0 Å². The molecule has 1 heterocycles. The van der Waals surface area contributed by atoms with Gasteiger partial charge in [-0.15, -0.1) is 11.3 Å². The molecule has 0 aliphatic heterocycles. The van der Waals surface area contributed by atoms with E-state index in [0.717, 1.165) is 22.7 Å². The van der Waals surface area contributed by atoms with Gasteiger partial charge in [0.15, 0.2) is 11.6 Å². The molecular weight excluding hydrogens is 284 g/mol. The van der Waals surface area contributed by atoms with E-state index in [9.17, 15) is 13.6 Å². The maximum Gasteiger partial charge on any atom is 0.305 e. The minimum Gasteiger partial charge on any atom is -0.460 e. The van der Waals surface area contributed by atoms with Gasteiger partial charge in [-0.25, -0.2) is 13.8 Å². The first-order valence-corrected chi connectivity index (χ1v) is 6.90. The molecule has 0 bridgehead atoms. The van der Waals surface area contributed by atoms with Gasteiger partial charge in [0.25, 0.3) is 0 Å². The Labute approximate surface area is 119 Å². The summed E-state index contributed by atoms with van der Waals surface area (Å²) in [5.74, 6) is -2.08. The zero-order valence-electron chi connectivity index (χ0n) is 11.1. The van der Waals surface area contributed by atoms with Crippen molar-refractivity contribution < 1.29 is 18.3 Å². The van der Waals surface area contributed by atoms with Crippen LogP contribution in [0.15, 0.2) is 18.2 Å². The number of carbonyl (C=O) groups excluding carboxylic acids is 1. The average Bonchev–Trinajstić information content (AvgIpc) is 2.80. The molecule has 0 spiro atoms. The summed E-state index contributed by atoms with van der Waals surface area (Å²) < 4.78 is 31.1. The molecule has 0 radical (unpaired) electrons. The van der Waals surface area contributed by atoms with E-state index in [4.69, 9.17) is 4.74 Å². The highest BCUT2D eigenvalue weighted by atomic mass is 32.1. The molecule has 2 rings (SSSR count). The van der Waals surface area contributed by atoms with Crippen molar-refractivity contribution in [1.29, 1.82) is 0 Å². The van der Waals surface area contributed by atoms with E-state index in [0.29, 0.717) is 17.0 Å². The van der Waals surface area contributed by atoms with Crippen LogP contribution in [0.3, 0.4) is 0 Å². The second kappa shape index (κ2) is 6.09. The summed E-state index contributed by atoms with van der Waals surface area (Å²) in [5.41, 5.74) is 1.23. The van der Waals surface area contributed by atoms with Gasteiger partial charge in [-0.3, -0.25) is 4.79 Å². The van der Waals surface area contributed by atoms with E-state index in [2.05, 4.69) is 4.98 Å². The molecule has 6 heteroatoms. The van der Waals surface area contributed by atoms with Crippen molar-refractivity contribution in [2.45, 2.75) is 26.9 Å². The summed E-state index contributed by atoms with van der Waals surface area (Å²) >= 11 is 1.30. The number of thiazole rings is 1. The number of halogens is 2. The molecule has 1 aromatic carbocycles. The predicted octanol–water partition coefficient (Wildman–Crippen LogP) is 3.85. The Balaban J connectivity index is 2.21. The van der Waals surface area contributed by atoms with E-state index < -0.39 is 11.6 Å². The molecule has 0 unspecified atom stereocenters. The third-order valence-corrected chi connectivity index (χ3v) is 3.89. The number of benzene rings is 1. The number of carbonyl (C=O) groups is 1. The molecule has 1 aromatic heterocycles. The predicted molar refractivity (Wildman–Crippen MR) is 72.3 cm³/mol. The van der Waals surface area contributed by atoms with E-state index in [1.165, 1.54) is 17.4 Å². The zero-order valence-corrected chi connectivity index (χ0v) is 11.9. The monoisotopic (exact) mass is 297 g/mol. The quantitative estimate of drug-likeness (QED) is 0.805. The normalized spacial score (nSPS) is 10.6. The van der Waals surface area contributed by atoms with Crippen molar-refractivity contribution in [1.82, 2.24) is 4.98 Å². The Hall–Kier alpha value is -1.82. The van der Waals surface area contributed by atoms with Crippen LogP contribution in [0.1, 0.15) is 23.9 Å². The minimum absolute atomic E-state index is 0.153. The first-order valence-electron chi connectivity index (χ1n) is 6.08. The van der Waals surface area contributed by atoms with Crippen molar-refractivity contribution in [2.24, 2.45) is 0 Å². The fourth-order valence-electron chi connectivity index (χ4n) is 1.56. The Kier molecular flexibility index (Phi) is 4.44. The smallest absolute Gasteiger partial charge is 0.305 e. The molecule has 0 amide bonds. The average molecular weight is 297 g/mol. The van der Waals surface area contributed by atoms with Crippen LogP contribution in [-0.4, -0.2) is 11.0 Å². The fraction of sp³-hybridized carbons (Fsp3) is 0.286. The van der Waals surface area contributed by atoms with Gasteiger partial charge in [-0.2, -0.15) is 0 Å². The molecule has 0 N–H and O–H groups in total. The molecule has 2 aromatic rings. The van der Waals surface area contributed by atoms with Gasteiger partial charge in [0.1, 0.15) is 11.6 Å². The van der Waals surface area contributed by atoms with E-state index in [1.807, 2.05) is 0 Å². The molecule has 0 saturated heterocycles. The van der Waals surface area contributed by atoms with Crippen LogP contribution >= 0.6 is 11.3 Å². The van der Waals surface area contributed by atoms with Gasteiger partial charge in [0.05, 0.1) is 10.6 Å². The number of aryl methyl sites for hydroxylation is 1. The second-order valence-corrected chi connectivity index (χ2v) is 5.25. The molecule has 3 nitrogen and oxygen atoms in total. The van der Waals surface area contributed by atoms with Crippen LogP contribution in [0.4, 0.5) is 8.78 Å². The van der Waals surface area contributed by atoms with Crippen LogP contribution in [0.5, 0.6) is 0 Å². The number of hydrogen-bond acceptors (Lipinski definition) is 4. The maximum atomic E-state index is 13.2. The van der Waals surface area contributed by atoms with Crippen molar-refractivity contribution in [3.8, 4) is 10.6 Å². The van der Waals surface area contributed by atoms with E-state index in [1.54, 1.807) is 13.8 Å². The second-order valence-electron chi connectivity index (χ2n) is 4.17. The van der Waals surface area contributed by atoms with Crippen LogP contribution in [0.2, 0.25) is 0 Å². The van der Waals surface area contributed by atoms with Crippen molar-refractivity contribution in [3.63, 3.8) is 0 Å². The molecule has 0 atom stereocenters. The van der Waals surface area contributed by atoms with E-state index >= 15 is 0 Å². The van der Waals surface area contributed by atoms with Crippen molar-refractivity contribution in [2.75, 3.05) is 0 Å². The highest BCUT2D eigenvalue weighted by Gasteiger charge is 2.12. The van der Waals surface area contributed by atoms with Crippen molar-refractivity contribution >= 4 is 17.3 Å². The molecule has 0 saturated carbocycles. The molecule has 20 heavy (non-hydrogen) atoms. The number of esters is 1. The first-order chi connectivity index (χ1) is 9.51. The summed E-state index contributed by atoms with van der Waals surface area (Å²) in [6.45, 7) is 3.66. The lowest BCUT2D eigenvalue weighted by Gasteiger charge is -2.00. The number of hydrogen-bond donors (Lipinski definition) is 0. The summed E-state index contributed by atoms with van der Waals surface area (Å²) in [6.07, 6.45) is 0.313. The Morgan fingerprint density at radius 2 is 2.10 bits per heavy atom. The number of aromatic nitrogens is 1. The molecule has 0 aliphatic rings. The summed E-state index contributed by atoms with van der Waals surface area (Å²) in [6, 6.07) is 3.64. The lowest BCUT2D eigenvalue weighted by Crippen LogP contribution is -2.01. The topological polar surface area (TPSA) is 39.2 Å². The Bertz CT molecular complexity index is 640. The van der Waals surface area contributed by atoms with Crippen LogP contribution in [-0.2, 0) is 16.1 Å². The highest BCUT2D eigenvalue weighted by Crippen LogP contribution is 2.29. The third kappa shape index (κ3) is 3.19. The van der Waals surface area contributed by atoms with Crippen molar-refractivity contribution in [3.05, 3.63) is 40.4 Å². The lowest BCUT2D eigenvalue weighted by molar-refractivity contribution is -0.144.